The highest BCUT2D eigenvalue weighted by atomic mass is 32.1. The number of hydrogen-bond donors (Lipinski definition) is 1. The summed E-state index contributed by atoms with van der Waals surface area (Å²) in [6, 6.07) is 13.6. The largest absolute Gasteiger partial charge is 0.312 e. The van der Waals surface area contributed by atoms with Gasteiger partial charge >= 0.3 is 0 Å². The summed E-state index contributed by atoms with van der Waals surface area (Å²) in [7, 11) is 0. The summed E-state index contributed by atoms with van der Waals surface area (Å²) in [5, 5.41) is 6.85. The molecule has 3 aromatic rings. The average Bonchev–Trinajstić information content (AvgIpc) is 3.32. The van der Waals surface area contributed by atoms with Crippen LogP contribution in [0.1, 0.15) is 18.5 Å². The molecule has 0 bridgehead atoms. The fourth-order valence-corrected chi connectivity index (χ4v) is 3.47. The summed E-state index contributed by atoms with van der Waals surface area (Å²) in [5.74, 6) is 0.198. The monoisotopic (exact) mass is 363 g/mol. The number of rotatable bonds is 5. The number of nitrogens with one attached hydrogen (secondary N) is 1. The molecule has 0 spiro atoms. The normalized spacial score (nSPS) is 14.3. The van der Waals surface area contributed by atoms with Crippen LogP contribution in [0.5, 0.6) is 0 Å². The highest BCUT2D eigenvalue weighted by Gasteiger charge is 2.21. The Morgan fingerprint density at radius 3 is 2.81 bits per heavy atom. The lowest BCUT2D eigenvalue weighted by Crippen LogP contribution is -2.23. The molecule has 0 unspecified atom stereocenters. The Hall–Kier alpha value is -3.06. The van der Waals surface area contributed by atoms with E-state index in [1.54, 1.807) is 12.4 Å². The molecule has 130 valence electrons. The summed E-state index contributed by atoms with van der Waals surface area (Å²) in [6.07, 6.45) is 4.95. The first-order chi connectivity index (χ1) is 12.8. The van der Waals surface area contributed by atoms with Gasteiger partial charge in [0.2, 0.25) is 11.0 Å². The van der Waals surface area contributed by atoms with Crippen molar-refractivity contribution in [2.45, 2.75) is 12.8 Å². The Morgan fingerprint density at radius 2 is 2.08 bits per heavy atom. The van der Waals surface area contributed by atoms with Gasteiger partial charge in [0.25, 0.3) is 0 Å². The van der Waals surface area contributed by atoms with E-state index in [-0.39, 0.29) is 5.91 Å². The molecule has 3 heterocycles. The number of hydrazone groups is 1. The summed E-state index contributed by atoms with van der Waals surface area (Å²) < 4.78 is 0. The molecule has 1 aliphatic rings. The van der Waals surface area contributed by atoms with E-state index in [0.29, 0.717) is 11.6 Å². The minimum atomic E-state index is 0.198. The molecule has 1 amide bonds. The Balaban J connectivity index is 1.42. The van der Waals surface area contributed by atoms with Crippen LogP contribution >= 0.6 is 11.3 Å². The maximum absolute atomic E-state index is 11.8. The van der Waals surface area contributed by atoms with E-state index >= 15 is 0 Å². The smallest absolute Gasteiger partial charge is 0.227 e. The summed E-state index contributed by atoms with van der Waals surface area (Å²) >= 11 is 1.49. The molecular weight excluding hydrogens is 346 g/mol. The van der Waals surface area contributed by atoms with Gasteiger partial charge in [0.05, 0.1) is 17.6 Å². The molecule has 1 N–H and O–H groups in total. The topological polar surface area (TPSA) is 70.5 Å². The van der Waals surface area contributed by atoms with Crippen LogP contribution < -0.4 is 10.3 Å². The van der Waals surface area contributed by atoms with Crippen LogP contribution in [0.3, 0.4) is 0 Å². The van der Waals surface area contributed by atoms with Crippen molar-refractivity contribution in [1.82, 2.24) is 9.97 Å². The predicted molar refractivity (Wildman–Crippen MR) is 105 cm³/mol. The van der Waals surface area contributed by atoms with Crippen LogP contribution in [0, 0.1) is 0 Å². The fourth-order valence-electron chi connectivity index (χ4n) is 2.80. The second kappa shape index (κ2) is 7.45. The highest BCUT2D eigenvalue weighted by molar-refractivity contribution is 7.14. The van der Waals surface area contributed by atoms with Gasteiger partial charge in [0.15, 0.2) is 0 Å². The number of aromatic nitrogens is 2. The van der Waals surface area contributed by atoms with Crippen LogP contribution in [-0.4, -0.2) is 28.6 Å². The standard InChI is InChI=1S/C19H17N5OS/c25-18-5-3-11-24(18)16-8-6-14(7-9-16)17-13-26-19(22-17)23-21-12-15-4-1-2-10-20-15/h1-2,4,6-10,12-13H,3,5,11H2,(H,22,23)/b21-12-. The summed E-state index contributed by atoms with van der Waals surface area (Å²) in [5.41, 5.74) is 6.55. The van der Waals surface area contributed by atoms with Crippen LogP contribution in [0.4, 0.5) is 10.8 Å². The van der Waals surface area contributed by atoms with Gasteiger partial charge in [-0.1, -0.05) is 18.2 Å². The first-order valence-corrected chi connectivity index (χ1v) is 9.24. The Bertz CT molecular complexity index is 921. The molecule has 0 saturated carbocycles. The molecule has 0 atom stereocenters. The van der Waals surface area contributed by atoms with Gasteiger partial charge < -0.3 is 4.90 Å². The van der Waals surface area contributed by atoms with Gasteiger partial charge in [-0.2, -0.15) is 5.10 Å². The molecule has 7 heteroatoms. The molecule has 0 aliphatic carbocycles. The van der Waals surface area contributed by atoms with Gasteiger partial charge in [-0.05, 0) is 30.7 Å². The third kappa shape index (κ3) is 3.62. The number of hydrogen-bond acceptors (Lipinski definition) is 6. The van der Waals surface area contributed by atoms with Crippen LogP contribution in [0.25, 0.3) is 11.3 Å². The molecule has 26 heavy (non-hydrogen) atoms. The van der Waals surface area contributed by atoms with Crippen molar-refractivity contribution in [2.75, 3.05) is 16.9 Å². The Morgan fingerprint density at radius 1 is 1.19 bits per heavy atom. The number of thiazole rings is 1. The lowest BCUT2D eigenvalue weighted by molar-refractivity contribution is -0.117. The third-order valence-corrected chi connectivity index (χ3v) is 4.84. The molecule has 1 aliphatic heterocycles. The lowest BCUT2D eigenvalue weighted by atomic mass is 10.1. The number of benzene rings is 1. The number of amides is 1. The molecule has 0 radical (unpaired) electrons. The van der Waals surface area contributed by atoms with E-state index in [2.05, 4.69) is 20.5 Å². The molecule has 1 saturated heterocycles. The minimum absolute atomic E-state index is 0.198. The lowest BCUT2D eigenvalue weighted by Gasteiger charge is -2.15. The van der Waals surface area contributed by atoms with Crippen molar-refractivity contribution in [3.8, 4) is 11.3 Å². The minimum Gasteiger partial charge on any atom is -0.312 e. The van der Waals surface area contributed by atoms with E-state index in [4.69, 9.17) is 0 Å². The number of carbonyl (C=O) groups is 1. The predicted octanol–water partition coefficient (Wildman–Crippen LogP) is 3.78. The van der Waals surface area contributed by atoms with Crippen molar-refractivity contribution in [3.63, 3.8) is 0 Å². The molecule has 4 rings (SSSR count). The highest BCUT2D eigenvalue weighted by Crippen LogP contribution is 2.28. The molecule has 6 nitrogen and oxygen atoms in total. The van der Waals surface area contributed by atoms with Crippen molar-refractivity contribution in [3.05, 3.63) is 59.7 Å². The van der Waals surface area contributed by atoms with Gasteiger partial charge in [0.1, 0.15) is 0 Å². The fraction of sp³-hybridized carbons (Fsp3) is 0.158. The van der Waals surface area contributed by atoms with Crippen molar-refractivity contribution >= 4 is 34.3 Å². The molecule has 1 fully saturated rings. The second-order valence-corrected chi connectivity index (χ2v) is 6.72. The Kier molecular flexibility index (Phi) is 4.70. The molecule has 1 aromatic carbocycles. The zero-order chi connectivity index (χ0) is 17.8. The van der Waals surface area contributed by atoms with Crippen molar-refractivity contribution < 1.29 is 4.79 Å². The van der Waals surface area contributed by atoms with Crippen LogP contribution in [-0.2, 0) is 4.79 Å². The molecule has 2 aromatic heterocycles. The first kappa shape index (κ1) is 16.4. The number of nitrogens with zero attached hydrogens (tertiary/aromatic N) is 4. The molecular formula is C19H17N5OS. The van der Waals surface area contributed by atoms with Crippen LogP contribution in [0.15, 0.2) is 59.1 Å². The Labute approximate surface area is 155 Å². The number of carbonyl (C=O) groups excluding carboxylic acids is 1. The van der Waals surface area contributed by atoms with Gasteiger partial charge in [-0.25, -0.2) is 4.98 Å². The summed E-state index contributed by atoms with van der Waals surface area (Å²) in [4.78, 5) is 22.4. The van der Waals surface area contributed by atoms with Crippen molar-refractivity contribution in [2.24, 2.45) is 5.10 Å². The maximum atomic E-state index is 11.8. The van der Waals surface area contributed by atoms with E-state index in [1.807, 2.05) is 52.7 Å². The van der Waals surface area contributed by atoms with Crippen molar-refractivity contribution in [1.29, 1.82) is 0 Å². The van der Waals surface area contributed by atoms with Gasteiger partial charge in [-0.3, -0.25) is 15.2 Å². The van der Waals surface area contributed by atoms with E-state index in [1.165, 1.54) is 11.3 Å². The quantitative estimate of drug-likeness (QED) is 0.553. The maximum Gasteiger partial charge on any atom is 0.227 e. The number of anilines is 2. The van der Waals surface area contributed by atoms with E-state index in [0.717, 1.165) is 35.6 Å². The second-order valence-electron chi connectivity index (χ2n) is 5.86. The average molecular weight is 363 g/mol. The zero-order valence-corrected chi connectivity index (χ0v) is 14.8. The van der Waals surface area contributed by atoms with Crippen LogP contribution in [0.2, 0.25) is 0 Å². The third-order valence-electron chi connectivity index (χ3n) is 4.10. The summed E-state index contributed by atoms with van der Waals surface area (Å²) in [6.45, 7) is 0.803. The SMILES string of the molecule is O=C1CCCN1c1ccc(-c2csc(N/N=C\c3ccccn3)n2)cc1. The zero-order valence-electron chi connectivity index (χ0n) is 14.0. The van der Waals surface area contributed by atoms with E-state index in [9.17, 15) is 4.79 Å². The van der Waals surface area contributed by atoms with Gasteiger partial charge in [-0.15, -0.1) is 11.3 Å². The van der Waals surface area contributed by atoms with Gasteiger partial charge in [0, 0.05) is 35.8 Å². The number of pyridine rings is 1. The first-order valence-electron chi connectivity index (χ1n) is 8.36. The van der Waals surface area contributed by atoms with E-state index < -0.39 is 0 Å².